The lowest BCUT2D eigenvalue weighted by molar-refractivity contribution is 0.174. The van der Waals surface area contributed by atoms with E-state index in [9.17, 15) is 0 Å². The Kier molecular flexibility index (Phi) is 7.89. The minimum Gasteiger partial charge on any atom is -0.385 e. The van der Waals surface area contributed by atoms with Crippen molar-refractivity contribution in [3.8, 4) is 0 Å². The first kappa shape index (κ1) is 10.9. The number of hydrazine groups is 1. The maximum absolute atomic E-state index is 5.24. The molecule has 0 saturated heterocycles. The summed E-state index contributed by atoms with van der Waals surface area (Å²) in [6.07, 6.45) is 3.55. The molecular weight excluding hydrogens is 140 g/mol. The number of rotatable bonds is 7. The summed E-state index contributed by atoms with van der Waals surface area (Å²) in [6.45, 7) is 3.93. The van der Waals surface area contributed by atoms with E-state index in [2.05, 4.69) is 12.3 Å². The highest BCUT2D eigenvalue weighted by Crippen LogP contribution is 2.09. The van der Waals surface area contributed by atoms with E-state index in [1.165, 1.54) is 12.8 Å². The summed E-state index contributed by atoms with van der Waals surface area (Å²) in [5.41, 5.74) is 2.71. The van der Waals surface area contributed by atoms with E-state index >= 15 is 0 Å². The molecule has 0 aliphatic heterocycles. The third-order valence-corrected chi connectivity index (χ3v) is 1.83. The Bertz CT molecular complexity index is 72.5. The standard InChI is InChI=1S/C8H20N2O/c1-3-4-8(7-10-9)5-6-11-2/h8,10H,3-7,9H2,1-2H3. The molecule has 3 heteroatoms. The summed E-state index contributed by atoms with van der Waals surface area (Å²) >= 11 is 0. The monoisotopic (exact) mass is 160 g/mol. The van der Waals surface area contributed by atoms with Crippen molar-refractivity contribution in [3.63, 3.8) is 0 Å². The van der Waals surface area contributed by atoms with Gasteiger partial charge in [0.1, 0.15) is 0 Å². The maximum atomic E-state index is 5.24. The van der Waals surface area contributed by atoms with E-state index in [-0.39, 0.29) is 0 Å². The topological polar surface area (TPSA) is 47.3 Å². The van der Waals surface area contributed by atoms with Crippen LogP contribution in [0.5, 0.6) is 0 Å². The number of ether oxygens (including phenoxy) is 1. The van der Waals surface area contributed by atoms with Gasteiger partial charge in [-0.25, -0.2) is 0 Å². The molecule has 0 bridgehead atoms. The molecule has 0 aromatic heterocycles. The summed E-state index contributed by atoms with van der Waals surface area (Å²) in [5, 5.41) is 0. The van der Waals surface area contributed by atoms with Crippen LogP contribution >= 0.6 is 0 Å². The Morgan fingerprint density at radius 1 is 1.45 bits per heavy atom. The Hall–Kier alpha value is -0.120. The van der Waals surface area contributed by atoms with Gasteiger partial charge < -0.3 is 4.74 Å². The van der Waals surface area contributed by atoms with E-state index in [4.69, 9.17) is 10.6 Å². The lowest BCUT2D eigenvalue weighted by Crippen LogP contribution is -2.29. The molecular formula is C8H20N2O. The van der Waals surface area contributed by atoms with Crippen molar-refractivity contribution < 1.29 is 4.74 Å². The second kappa shape index (κ2) is 7.98. The van der Waals surface area contributed by atoms with Crippen molar-refractivity contribution in [2.45, 2.75) is 26.2 Å². The largest absolute Gasteiger partial charge is 0.385 e. The summed E-state index contributed by atoms with van der Waals surface area (Å²) in [5.74, 6) is 5.91. The zero-order chi connectivity index (χ0) is 8.53. The number of nitrogens with one attached hydrogen (secondary N) is 1. The molecule has 0 spiro atoms. The molecule has 0 aliphatic rings. The molecule has 0 fully saturated rings. The summed E-state index contributed by atoms with van der Waals surface area (Å²) in [7, 11) is 1.74. The highest BCUT2D eigenvalue weighted by atomic mass is 16.5. The van der Waals surface area contributed by atoms with Crippen LogP contribution < -0.4 is 11.3 Å². The van der Waals surface area contributed by atoms with Crippen molar-refractivity contribution in [1.29, 1.82) is 0 Å². The molecule has 3 nitrogen and oxygen atoms in total. The van der Waals surface area contributed by atoms with Gasteiger partial charge in [0.05, 0.1) is 0 Å². The summed E-state index contributed by atoms with van der Waals surface area (Å²) in [4.78, 5) is 0. The van der Waals surface area contributed by atoms with Crippen molar-refractivity contribution in [1.82, 2.24) is 5.43 Å². The predicted octanol–water partition coefficient (Wildman–Crippen LogP) is 0.903. The molecule has 0 aliphatic carbocycles. The van der Waals surface area contributed by atoms with Crippen LogP contribution in [0.25, 0.3) is 0 Å². The lowest BCUT2D eigenvalue weighted by Gasteiger charge is -2.14. The van der Waals surface area contributed by atoms with Crippen molar-refractivity contribution in [2.24, 2.45) is 11.8 Å². The predicted molar refractivity (Wildman–Crippen MR) is 47.1 cm³/mol. The molecule has 0 heterocycles. The normalized spacial score (nSPS) is 13.4. The molecule has 0 radical (unpaired) electrons. The van der Waals surface area contributed by atoms with Crippen molar-refractivity contribution >= 4 is 0 Å². The number of methoxy groups -OCH3 is 1. The highest BCUT2D eigenvalue weighted by molar-refractivity contribution is 4.59. The van der Waals surface area contributed by atoms with Gasteiger partial charge in [-0.3, -0.25) is 11.3 Å². The van der Waals surface area contributed by atoms with E-state index in [0.717, 1.165) is 19.6 Å². The lowest BCUT2D eigenvalue weighted by atomic mass is 10.0. The van der Waals surface area contributed by atoms with E-state index in [0.29, 0.717) is 5.92 Å². The minimum atomic E-state index is 0.671. The first-order valence-electron chi connectivity index (χ1n) is 4.27. The van der Waals surface area contributed by atoms with Gasteiger partial charge in [0.25, 0.3) is 0 Å². The van der Waals surface area contributed by atoms with Gasteiger partial charge >= 0.3 is 0 Å². The fraction of sp³-hybridized carbons (Fsp3) is 1.00. The van der Waals surface area contributed by atoms with Crippen LogP contribution in [0.3, 0.4) is 0 Å². The molecule has 1 atom stereocenters. The van der Waals surface area contributed by atoms with Gasteiger partial charge in [-0.15, -0.1) is 0 Å². The van der Waals surface area contributed by atoms with Crippen LogP contribution in [0.4, 0.5) is 0 Å². The highest BCUT2D eigenvalue weighted by Gasteiger charge is 2.05. The fourth-order valence-corrected chi connectivity index (χ4v) is 1.21. The van der Waals surface area contributed by atoms with Gasteiger partial charge in [0.2, 0.25) is 0 Å². The first-order chi connectivity index (χ1) is 5.35. The number of hydrogen-bond acceptors (Lipinski definition) is 3. The van der Waals surface area contributed by atoms with Gasteiger partial charge in [0.15, 0.2) is 0 Å². The molecule has 0 saturated carbocycles. The molecule has 1 unspecified atom stereocenters. The summed E-state index contributed by atoms with van der Waals surface area (Å²) in [6, 6.07) is 0. The Labute approximate surface area is 69.3 Å². The Morgan fingerprint density at radius 3 is 2.64 bits per heavy atom. The van der Waals surface area contributed by atoms with Gasteiger partial charge in [-0.05, 0) is 18.8 Å². The van der Waals surface area contributed by atoms with Gasteiger partial charge in [-0.1, -0.05) is 13.3 Å². The molecule has 0 rings (SSSR count). The van der Waals surface area contributed by atoms with Crippen molar-refractivity contribution in [3.05, 3.63) is 0 Å². The maximum Gasteiger partial charge on any atom is 0.0465 e. The zero-order valence-corrected chi connectivity index (χ0v) is 7.60. The van der Waals surface area contributed by atoms with E-state index in [1.54, 1.807) is 7.11 Å². The van der Waals surface area contributed by atoms with Crippen LogP contribution in [0.15, 0.2) is 0 Å². The Balaban J connectivity index is 3.34. The average molecular weight is 160 g/mol. The SMILES string of the molecule is CCCC(CCOC)CNN. The van der Waals surface area contributed by atoms with Crippen molar-refractivity contribution in [2.75, 3.05) is 20.3 Å². The second-order valence-electron chi connectivity index (χ2n) is 2.84. The van der Waals surface area contributed by atoms with E-state index in [1.807, 2.05) is 0 Å². The first-order valence-corrected chi connectivity index (χ1v) is 4.27. The quantitative estimate of drug-likeness (QED) is 0.430. The van der Waals surface area contributed by atoms with Crippen LogP contribution in [0.2, 0.25) is 0 Å². The fourth-order valence-electron chi connectivity index (χ4n) is 1.21. The molecule has 11 heavy (non-hydrogen) atoms. The van der Waals surface area contributed by atoms with Crippen LogP contribution in [0, 0.1) is 5.92 Å². The van der Waals surface area contributed by atoms with Gasteiger partial charge in [0, 0.05) is 20.3 Å². The number of nitrogens with two attached hydrogens (primary N) is 1. The molecule has 0 amide bonds. The molecule has 3 N–H and O–H groups in total. The smallest absolute Gasteiger partial charge is 0.0465 e. The van der Waals surface area contributed by atoms with Crippen LogP contribution in [-0.4, -0.2) is 20.3 Å². The Morgan fingerprint density at radius 2 is 2.18 bits per heavy atom. The number of hydrogen-bond donors (Lipinski definition) is 2. The van der Waals surface area contributed by atoms with Crippen LogP contribution in [0.1, 0.15) is 26.2 Å². The minimum absolute atomic E-state index is 0.671. The zero-order valence-electron chi connectivity index (χ0n) is 7.60. The molecule has 0 aromatic carbocycles. The second-order valence-corrected chi connectivity index (χ2v) is 2.84. The third-order valence-electron chi connectivity index (χ3n) is 1.83. The van der Waals surface area contributed by atoms with E-state index < -0.39 is 0 Å². The molecule has 68 valence electrons. The average Bonchev–Trinajstić information content (AvgIpc) is 2.01. The van der Waals surface area contributed by atoms with Crippen LogP contribution in [-0.2, 0) is 4.74 Å². The molecule has 0 aromatic rings. The van der Waals surface area contributed by atoms with Gasteiger partial charge in [-0.2, -0.15) is 0 Å². The third kappa shape index (κ3) is 6.28. The summed E-state index contributed by atoms with van der Waals surface area (Å²) < 4.78 is 5.00.